The van der Waals surface area contributed by atoms with Crippen LogP contribution >= 0.6 is 0 Å². The molecule has 1 atom stereocenters. The number of imidazole rings is 1. The highest BCUT2D eigenvalue weighted by Gasteiger charge is 2.12. The third-order valence-corrected chi connectivity index (χ3v) is 4.42. The number of hydrogen-bond donors (Lipinski definition) is 3. The summed E-state index contributed by atoms with van der Waals surface area (Å²) in [5, 5.41) is 2.86. The topological polar surface area (TPSA) is 104 Å². The lowest BCUT2D eigenvalue weighted by Gasteiger charge is -2.09. The van der Waals surface area contributed by atoms with Gasteiger partial charge in [0.25, 0.3) is 0 Å². The molecule has 3 N–H and O–H groups in total. The van der Waals surface area contributed by atoms with Crippen LogP contribution in [0.5, 0.6) is 0 Å². The largest absolute Gasteiger partial charge is 0.343 e. The molecule has 0 aliphatic heterocycles. The normalized spacial score (nSPS) is 13.0. The fraction of sp³-hybridized carbons (Fsp3) is 0.158. The molecule has 1 aromatic heterocycles. The number of rotatable bonds is 6. The van der Waals surface area contributed by atoms with Gasteiger partial charge in [-0.15, -0.1) is 0 Å². The molecule has 140 valence electrons. The minimum atomic E-state index is -3.31. The Kier molecular flexibility index (Phi) is 5.27. The lowest BCUT2D eigenvalue weighted by molar-refractivity contribution is -0.117. The average molecular weight is 384 g/mol. The van der Waals surface area contributed by atoms with E-state index in [9.17, 15) is 13.2 Å². The van der Waals surface area contributed by atoms with Crippen molar-refractivity contribution in [2.75, 3.05) is 11.0 Å². The van der Waals surface area contributed by atoms with Crippen LogP contribution < -0.4 is 10.0 Å². The molecule has 0 bridgehead atoms. The summed E-state index contributed by atoms with van der Waals surface area (Å²) in [5.74, 6) is 0.440. The van der Waals surface area contributed by atoms with Gasteiger partial charge in [0.1, 0.15) is 5.82 Å². The molecule has 27 heavy (non-hydrogen) atoms. The zero-order chi connectivity index (χ0) is 19.4. The number of carbonyl (C=O) groups excluding carboxylic acids is 1. The number of para-hydroxylation sites is 2. The number of fused-ring (bicyclic) bond motifs is 1. The molecule has 7 nitrogen and oxygen atoms in total. The van der Waals surface area contributed by atoms with Gasteiger partial charge < -0.3 is 10.3 Å². The predicted molar refractivity (Wildman–Crippen MR) is 107 cm³/mol. The number of anilines is 1. The van der Waals surface area contributed by atoms with Crippen LogP contribution in [0.4, 0.5) is 5.69 Å². The number of nitrogens with one attached hydrogen (secondary N) is 3. The number of benzene rings is 2. The first-order valence-corrected chi connectivity index (χ1v) is 10.2. The van der Waals surface area contributed by atoms with Gasteiger partial charge in [-0.2, -0.15) is 0 Å². The monoisotopic (exact) mass is 384 g/mol. The van der Waals surface area contributed by atoms with Gasteiger partial charge in [0.05, 0.1) is 23.3 Å². The van der Waals surface area contributed by atoms with Gasteiger partial charge >= 0.3 is 0 Å². The van der Waals surface area contributed by atoms with Crippen molar-refractivity contribution >= 4 is 38.7 Å². The van der Waals surface area contributed by atoms with Gasteiger partial charge in [-0.3, -0.25) is 9.52 Å². The molecular weight excluding hydrogens is 364 g/mol. The van der Waals surface area contributed by atoms with Gasteiger partial charge in [0.15, 0.2) is 0 Å². The number of hydrogen-bond acceptors (Lipinski definition) is 4. The van der Waals surface area contributed by atoms with E-state index in [4.69, 9.17) is 0 Å². The Balaban J connectivity index is 1.61. The molecule has 1 unspecified atom stereocenters. The highest BCUT2D eigenvalue weighted by molar-refractivity contribution is 7.92. The van der Waals surface area contributed by atoms with Crippen molar-refractivity contribution < 1.29 is 13.2 Å². The first-order chi connectivity index (χ1) is 12.8. The van der Waals surface area contributed by atoms with Crippen molar-refractivity contribution in [1.82, 2.24) is 15.3 Å². The number of sulfonamides is 1. The highest BCUT2D eigenvalue weighted by atomic mass is 32.2. The predicted octanol–water partition coefficient (Wildman–Crippen LogP) is 2.83. The maximum absolute atomic E-state index is 12.1. The Hall–Kier alpha value is -3.13. The van der Waals surface area contributed by atoms with Gasteiger partial charge in [-0.05, 0) is 42.8 Å². The van der Waals surface area contributed by atoms with Crippen molar-refractivity contribution in [1.29, 1.82) is 0 Å². The van der Waals surface area contributed by atoms with E-state index in [-0.39, 0.29) is 11.9 Å². The Morgan fingerprint density at radius 3 is 2.52 bits per heavy atom. The van der Waals surface area contributed by atoms with Crippen LogP contribution in [0.1, 0.15) is 24.4 Å². The maximum atomic E-state index is 12.1. The van der Waals surface area contributed by atoms with Crippen LogP contribution in [-0.2, 0) is 14.8 Å². The zero-order valence-electron chi connectivity index (χ0n) is 14.9. The zero-order valence-corrected chi connectivity index (χ0v) is 15.7. The van der Waals surface area contributed by atoms with E-state index < -0.39 is 10.0 Å². The molecule has 0 saturated heterocycles. The van der Waals surface area contributed by atoms with E-state index in [1.165, 1.54) is 6.08 Å². The average Bonchev–Trinajstić information content (AvgIpc) is 3.04. The van der Waals surface area contributed by atoms with Gasteiger partial charge in [0, 0.05) is 11.8 Å². The molecule has 0 radical (unpaired) electrons. The Morgan fingerprint density at radius 2 is 1.85 bits per heavy atom. The lowest BCUT2D eigenvalue weighted by atomic mass is 10.2. The first kappa shape index (κ1) is 18.7. The number of aromatic nitrogens is 2. The third kappa shape index (κ3) is 5.18. The molecule has 0 aliphatic rings. The smallest absolute Gasteiger partial charge is 0.244 e. The van der Waals surface area contributed by atoms with Gasteiger partial charge in [-0.25, -0.2) is 13.4 Å². The molecule has 1 amide bonds. The van der Waals surface area contributed by atoms with E-state index in [1.54, 1.807) is 30.3 Å². The summed E-state index contributed by atoms with van der Waals surface area (Å²) in [4.78, 5) is 19.8. The molecule has 3 rings (SSSR count). The van der Waals surface area contributed by atoms with E-state index in [0.29, 0.717) is 11.5 Å². The Bertz CT molecular complexity index is 1050. The summed E-state index contributed by atoms with van der Waals surface area (Å²) in [6.45, 7) is 1.86. The lowest BCUT2D eigenvalue weighted by Crippen LogP contribution is -2.25. The van der Waals surface area contributed by atoms with Crippen molar-refractivity contribution in [3.05, 3.63) is 66.0 Å². The Morgan fingerprint density at radius 1 is 1.15 bits per heavy atom. The van der Waals surface area contributed by atoms with E-state index in [1.807, 2.05) is 31.2 Å². The second-order valence-electron chi connectivity index (χ2n) is 6.20. The molecular formula is C19H20N4O3S. The summed E-state index contributed by atoms with van der Waals surface area (Å²) >= 11 is 0. The summed E-state index contributed by atoms with van der Waals surface area (Å²) in [6, 6.07) is 14.1. The Labute approximate surface area is 157 Å². The molecule has 3 aromatic rings. The molecule has 1 heterocycles. The first-order valence-electron chi connectivity index (χ1n) is 8.31. The SMILES string of the molecule is CC(NC(=O)/C=C/c1ccc(NS(C)(=O)=O)cc1)c1nc2ccccc2[nH]1. The molecule has 0 saturated carbocycles. The summed E-state index contributed by atoms with van der Waals surface area (Å²) in [6.07, 6.45) is 4.18. The molecule has 0 aliphatic carbocycles. The van der Waals surface area contributed by atoms with Gasteiger partial charge in [-0.1, -0.05) is 24.3 Å². The van der Waals surface area contributed by atoms with Crippen molar-refractivity contribution in [2.45, 2.75) is 13.0 Å². The molecule has 0 spiro atoms. The minimum absolute atomic E-state index is 0.249. The standard InChI is InChI=1S/C19H20N4O3S/c1-13(19-21-16-5-3-4-6-17(16)22-19)20-18(24)12-9-14-7-10-15(11-8-14)23-27(2,25)26/h3-13,23H,1-2H3,(H,20,24)(H,21,22)/b12-9+. The van der Waals surface area contributed by atoms with Crippen LogP contribution in [0.3, 0.4) is 0 Å². The third-order valence-electron chi connectivity index (χ3n) is 3.82. The van der Waals surface area contributed by atoms with E-state index in [2.05, 4.69) is 20.0 Å². The number of amides is 1. The van der Waals surface area contributed by atoms with E-state index >= 15 is 0 Å². The van der Waals surface area contributed by atoms with Crippen LogP contribution in [-0.4, -0.2) is 30.5 Å². The maximum Gasteiger partial charge on any atom is 0.244 e. The second-order valence-corrected chi connectivity index (χ2v) is 7.95. The van der Waals surface area contributed by atoms with Crippen molar-refractivity contribution in [2.24, 2.45) is 0 Å². The van der Waals surface area contributed by atoms with E-state index in [0.717, 1.165) is 22.9 Å². The fourth-order valence-electron chi connectivity index (χ4n) is 2.56. The summed E-state index contributed by atoms with van der Waals surface area (Å²) in [7, 11) is -3.31. The number of H-pyrrole nitrogens is 1. The summed E-state index contributed by atoms with van der Waals surface area (Å²) < 4.78 is 24.8. The van der Waals surface area contributed by atoms with Crippen LogP contribution in [0.15, 0.2) is 54.6 Å². The fourth-order valence-corrected chi connectivity index (χ4v) is 3.12. The summed E-state index contributed by atoms with van der Waals surface area (Å²) in [5.41, 5.74) is 3.03. The number of aromatic amines is 1. The van der Waals surface area contributed by atoms with Crippen molar-refractivity contribution in [3.63, 3.8) is 0 Å². The highest BCUT2D eigenvalue weighted by Crippen LogP contribution is 2.16. The second kappa shape index (κ2) is 7.63. The molecule has 0 fully saturated rings. The van der Waals surface area contributed by atoms with Crippen LogP contribution in [0, 0.1) is 0 Å². The van der Waals surface area contributed by atoms with Gasteiger partial charge in [0.2, 0.25) is 15.9 Å². The van der Waals surface area contributed by atoms with Crippen LogP contribution in [0.25, 0.3) is 17.1 Å². The molecule has 2 aromatic carbocycles. The number of nitrogens with zero attached hydrogens (tertiary/aromatic N) is 1. The number of carbonyl (C=O) groups is 1. The quantitative estimate of drug-likeness (QED) is 0.569. The van der Waals surface area contributed by atoms with Crippen molar-refractivity contribution in [3.8, 4) is 0 Å². The molecule has 8 heteroatoms. The van der Waals surface area contributed by atoms with Crippen LogP contribution in [0.2, 0.25) is 0 Å². The minimum Gasteiger partial charge on any atom is -0.343 e.